The third-order valence-electron chi connectivity index (χ3n) is 6.32. The number of hydrogen-bond donors (Lipinski definition) is 1. The van der Waals surface area contributed by atoms with Gasteiger partial charge in [0, 0.05) is 5.56 Å². The smallest absolute Gasteiger partial charge is 0.416 e. The molecule has 2 unspecified atom stereocenters. The van der Waals surface area contributed by atoms with Gasteiger partial charge in [-0.25, -0.2) is 0 Å². The molecule has 0 fully saturated rings. The van der Waals surface area contributed by atoms with Crippen LogP contribution < -0.4 is 9.47 Å². The molecule has 16 heteroatoms. The van der Waals surface area contributed by atoms with Gasteiger partial charge in [0.1, 0.15) is 17.6 Å². The summed E-state index contributed by atoms with van der Waals surface area (Å²) in [6.45, 7) is -0.637. The highest BCUT2D eigenvalue weighted by Gasteiger charge is 2.33. The SMILES string of the molecule is O=CC(Oc1ccc(C(F)(F)F)cc1)c1cccc(C(F)(F)F)c1.OCC(Oc1ccc(C(F)(F)F)cc1)c1cccc(C(F)(F)F)c1. The number of ether oxygens (including phenoxy) is 2. The maximum Gasteiger partial charge on any atom is 0.416 e. The van der Waals surface area contributed by atoms with Crippen LogP contribution in [0.15, 0.2) is 97.1 Å². The predicted octanol–water partition coefficient (Wildman–Crippen LogP) is 9.88. The van der Waals surface area contributed by atoms with Crippen molar-refractivity contribution in [2.45, 2.75) is 36.9 Å². The number of carbonyl (C=O) groups excluding carboxylic acids is 1. The van der Waals surface area contributed by atoms with Gasteiger partial charge in [0.2, 0.25) is 0 Å². The summed E-state index contributed by atoms with van der Waals surface area (Å²) in [5.41, 5.74) is -3.64. The lowest BCUT2D eigenvalue weighted by Crippen LogP contribution is -2.14. The molecule has 0 amide bonds. The average molecular weight is 699 g/mol. The van der Waals surface area contributed by atoms with Crippen LogP contribution in [0.3, 0.4) is 0 Å². The molecule has 0 heterocycles. The van der Waals surface area contributed by atoms with E-state index in [0.29, 0.717) is 0 Å². The van der Waals surface area contributed by atoms with Crippen LogP contribution in [0.4, 0.5) is 52.7 Å². The highest BCUT2D eigenvalue weighted by atomic mass is 19.4. The van der Waals surface area contributed by atoms with Gasteiger partial charge in [-0.3, -0.25) is 4.79 Å². The largest absolute Gasteiger partial charge is 0.483 e. The molecule has 48 heavy (non-hydrogen) atoms. The normalized spacial score (nSPS) is 13.5. The number of benzene rings is 4. The molecule has 0 aliphatic rings. The van der Waals surface area contributed by atoms with Crippen molar-refractivity contribution in [2.24, 2.45) is 0 Å². The van der Waals surface area contributed by atoms with Gasteiger partial charge in [-0.05, 0) is 78.4 Å². The Morgan fingerprint density at radius 1 is 0.521 bits per heavy atom. The maximum atomic E-state index is 12.7. The first-order valence-corrected chi connectivity index (χ1v) is 13.3. The maximum absolute atomic E-state index is 12.7. The summed E-state index contributed by atoms with van der Waals surface area (Å²) in [5.74, 6) is -0.0722. The van der Waals surface area contributed by atoms with Gasteiger partial charge in [0.05, 0.1) is 28.9 Å². The highest BCUT2D eigenvalue weighted by Crippen LogP contribution is 2.35. The van der Waals surface area contributed by atoms with Crippen molar-refractivity contribution >= 4 is 6.29 Å². The van der Waals surface area contributed by atoms with E-state index in [9.17, 15) is 62.6 Å². The molecule has 0 spiro atoms. The van der Waals surface area contributed by atoms with E-state index < -0.39 is 65.8 Å². The molecule has 4 aromatic rings. The second kappa shape index (κ2) is 15.0. The molecule has 258 valence electrons. The van der Waals surface area contributed by atoms with Crippen LogP contribution in [0.2, 0.25) is 0 Å². The molecule has 0 aliphatic heterocycles. The van der Waals surface area contributed by atoms with Gasteiger partial charge < -0.3 is 14.6 Å². The van der Waals surface area contributed by atoms with E-state index in [0.717, 1.165) is 84.9 Å². The highest BCUT2D eigenvalue weighted by molar-refractivity contribution is 5.61. The number of aliphatic hydroxyl groups excluding tert-OH is 1. The Morgan fingerprint density at radius 2 is 0.896 bits per heavy atom. The van der Waals surface area contributed by atoms with Crippen LogP contribution in [0.1, 0.15) is 45.6 Å². The summed E-state index contributed by atoms with van der Waals surface area (Å²) in [5, 5.41) is 9.33. The van der Waals surface area contributed by atoms with E-state index in [1.807, 2.05) is 0 Å². The van der Waals surface area contributed by atoms with Crippen molar-refractivity contribution in [3.8, 4) is 11.5 Å². The van der Waals surface area contributed by atoms with E-state index >= 15 is 0 Å². The van der Waals surface area contributed by atoms with E-state index in [1.54, 1.807) is 0 Å². The molecule has 4 aromatic carbocycles. The molecule has 2 atom stereocenters. The molecule has 0 saturated heterocycles. The van der Waals surface area contributed by atoms with E-state index in [1.165, 1.54) is 12.1 Å². The molecule has 4 rings (SSSR count). The number of alkyl halides is 12. The van der Waals surface area contributed by atoms with Crippen LogP contribution in [0.5, 0.6) is 11.5 Å². The van der Waals surface area contributed by atoms with Gasteiger partial charge >= 0.3 is 24.7 Å². The fraction of sp³-hybridized carbons (Fsp3) is 0.219. The molecule has 1 N–H and O–H groups in total. The van der Waals surface area contributed by atoms with Gasteiger partial charge in [-0.15, -0.1) is 0 Å². The minimum atomic E-state index is -4.59. The van der Waals surface area contributed by atoms with Crippen LogP contribution in [-0.2, 0) is 29.5 Å². The zero-order chi connectivity index (χ0) is 35.9. The Kier molecular flexibility index (Phi) is 11.8. The standard InChI is InChI=1S/C16H12F6O2.C16H10F6O2/c2*17-15(18,19)11-4-6-13(7-5-11)24-14(9-23)10-2-1-3-12(8-10)16(20,21)22/h1-8,14,23H,9H2;1-9,14H. The Hall–Kier alpha value is -4.73. The molecular weight excluding hydrogens is 676 g/mol. The summed E-state index contributed by atoms with van der Waals surface area (Å²) in [6, 6.07) is 15.3. The number of carbonyl (C=O) groups is 1. The number of hydrogen-bond acceptors (Lipinski definition) is 4. The summed E-state index contributed by atoms with van der Waals surface area (Å²) < 4.78 is 161. The lowest BCUT2D eigenvalue weighted by atomic mass is 10.1. The second-order valence-electron chi connectivity index (χ2n) is 9.75. The third kappa shape index (κ3) is 10.7. The van der Waals surface area contributed by atoms with Gasteiger partial charge in [0.15, 0.2) is 12.4 Å². The predicted molar refractivity (Wildman–Crippen MR) is 146 cm³/mol. The first kappa shape index (κ1) is 37.7. The third-order valence-corrected chi connectivity index (χ3v) is 6.32. The first-order chi connectivity index (χ1) is 22.2. The Balaban J connectivity index is 0.000000260. The van der Waals surface area contributed by atoms with Gasteiger partial charge in [0.25, 0.3) is 0 Å². The summed E-state index contributed by atoms with van der Waals surface area (Å²) in [6.07, 6.45) is -20.4. The van der Waals surface area contributed by atoms with Crippen molar-refractivity contribution < 1.29 is 72.1 Å². The van der Waals surface area contributed by atoms with Crippen molar-refractivity contribution in [2.75, 3.05) is 6.61 Å². The topological polar surface area (TPSA) is 55.8 Å². The number of halogens is 12. The van der Waals surface area contributed by atoms with Crippen LogP contribution in [-0.4, -0.2) is 18.0 Å². The quantitative estimate of drug-likeness (QED) is 0.147. The van der Waals surface area contributed by atoms with Crippen molar-refractivity contribution in [1.82, 2.24) is 0 Å². The zero-order valence-corrected chi connectivity index (χ0v) is 23.9. The molecule has 0 aromatic heterocycles. The van der Waals surface area contributed by atoms with Crippen molar-refractivity contribution in [1.29, 1.82) is 0 Å². The fourth-order valence-electron chi connectivity index (χ4n) is 3.95. The first-order valence-electron chi connectivity index (χ1n) is 13.3. The number of aldehydes is 1. The Labute approximate surface area is 264 Å². The monoisotopic (exact) mass is 698 g/mol. The van der Waals surface area contributed by atoms with Crippen molar-refractivity contribution in [3.63, 3.8) is 0 Å². The molecule has 0 bridgehead atoms. The number of aliphatic hydroxyl groups is 1. The lowest BCUT2D eigenvalue weighted by molar-refractivity contribution is -0.138. The van der Waals surface area contributed by atoms with Crippen molar-refractivity contribution in [3.05, 3.63) is 130 Å². The molecule has 0 saturated carbocycles. The summed E-state index contributed by atoms with van der Waals surface area (Å²) in [4.78, 5) is 11.1. The van der Waals surface area contributed by atoms with Crippen LogP contribution >= 0.6 is 0 Å². The lowest BCUT2D eigenvalue weighted by Gasteiger charge is -2.19. The second-order valence-corrected chi connectivity index (χ2v) is 9.75. The van der Waals surface area contributed by atoms with Crippen LogP contribution in [0.25, 0.3) is 0 Å². The summed E-state index contributed by atoms with van der Waals surface area (Å²) in [7, 11) is 0. The zero-order valence-electron chi connectivity index (χ0n) is 23.9. The molecular formula is C32H22F12O4. The minimum absolute atomic E-state index is 0.000498. The molecule has 0 radical (unpaired) electrons. The molecule has 0 aliphatic carbocycles. The minimum Gasteiger partial charge on any atom is -0.483 e. The van der Waals surface area contributed by atoms with E-state index in [4.69, 9.17) is 9.47 Å². The Bertz CT molecular complexity index is 1630. The number of rotatable bonds is 8. The van der Waals surface area contributed by atoms with E-state index in [2.05, 4.69) is 0 Å². The Morgan fingerprint density at radius 3 is 1.27 bits per heavy atom. The summed E-state index contributed by atoms with van der Waals surface area (Å²) >= 11 is 0. The van der Waals surface area contributed by atoms with Gasteiger partial charge in [-0.2, -0.15) is 52.7 Å². The van der Waals surface area contributed by atoms with Gasteiger partial charge in [-0.1, -0.05) is 24.3 Å². The van der Waals surface area contributed by atoms with E-state index in [-0.39, 0.29) is 28.9 Å². The molecule has 4 nitrogen and oxygen atoms in total. The fourth-order valence-corrected chi connectivity index (χ4v) is 3.95. The average Bonchev–Trinajstić information content (AvgIpc) is 3.01. The van der Waals surface area contributed by atoms with Crippen LogP contribution in [0, 0.1) is 0 Å².